The van der Waals surface area contributed by atoms with Gasteiger partial charge in [0.2, 0.25) is 0 Å². The quantitative estimate of drug-likeness (QED) is 0.460. The molecular weight excluding hydrogens is 418 g/mol. The van der Waals surface area contributed by atoms with Gasteiger partial charge in [0.1, 0.15) is 0 Å². The number of benzene rings is 1. The molecule has 4 heteroatoms. The summed E-state index contributed by atoms with van der Waals surface area (Å²) in [6.07, 6.45) is 0. The van der Waals surface area contributed by atoms with Gasteiger partial charge in [-0.2, -0.15) is 0 Å². The van der Waals surface area contributed by atoms with Crippen LogP contribution in [0.3, 0.4) is 0 Å². The van der Waals surface area contributed by atoms with Crippen molar-refractivity contribution < 1.29 is 0 Å². The van der Waals surface area contributed by atoms with Crippen molar-refractivity contribution in [3.05, 3.63) is 34.3 Å². The lowest BCUT2D eigenvalue weighted by Gasteiger charge is -2.09. The molecule has 0 bridgehead atoms. The van der Waals surface area contributed by atoms with Gasteiger partial charge in [-0.05, 0) is 17.2 Å². The third-order valence-electron chi connectivity index (χ3n) is 1.51. The molecule has 0 unspecified atom stereocenters. The van der Waals surface area contributed by atoms with E-state index in [1.165, 1.54) is 5.56 Å². The van der Waals surface area contributed by atoms with E-state index in [1.807, 2.05) is 12.1 Å². The molecule has 12 heavy (non-hydrogen) atoms. The second kappa shape index (κ2) is 5.17. The molecule has 66 valence electrons. The minimum atomic E-state index is 0.142. The highest BCUT2D eigenvalue weighted by molar-refractivity contribution is 14.1. The average molecular weight is 424 g/mol. The predicted octanol–water partition coefficient (Wildman–Crippen LogP) is 5.06. The maximum absolute atomic E-state index is 6.04. The Morgan fingerprint density at radius 1 is 1.42 bits per heavy atom. The summed E-state index contributed by atoms with van der Waals surface area (Å²) in [7, 11) is 0. The minimum Gasteiger partial charge on any atom is -0.0840 e. The fourth-order valence-electron chi connectivity index (χ4n) is 0.943. The Bertz CT molecular complexity index is 276. The average Bonchev–Trinajstić information content (AvgIpc) is 2.03. The molecule has 1 aromatic rings. The first-order valence-corrected chi connectivity index (χ1v) is 7.01. The Morgan fingerprint density at radius 2 is 2.08 bits per heavy atom. The number of rotatable bonds is 2. The van der Waals surface area contributed by atoms with Crippen LogP contribution in [0.1, 0.15) is 14.9 Å². The van der Waals surface area contributed by atoms with Gasteiger partial charge in [0.25, 0.3) is 0 Å². The van der Waals surface area contributed by atoms with Crippen LogP contribution in [-0.2, 0) is 4.43 Å². The number of hydrogen-bond acceptors (Lipinski definition) is 0. The highest BCUT2D eigenvalue weighted by Crippen LogP contribution is 2.37. The topological polar surface area (TPSA) is 0 Å². The van der Waals surface area contributed by atoms with Crippen LogP contribution in [0.15, 0.2) is 18.2 Å². The van der Waals surface area contributed by atoms with Crippen LogP contribution in [0.2, 0.25) is 5.02 Å². The van der Waals surface area contributed by atoms with Gasteiger partial charge in [-0.1, -0.05) is 78.2 Å². The molecule has 0 aromatic heterocycles. The fourth-order valence-corrected chi connectivity index (χ4v) is 3.26. The zero-order valence-electron chi connectivity index (χ0n) is 6.03. The number of halogens is 4. The van der Waals surface area contributed by atoms with E-state index in [4.69, 9.17) is 11.6 Å². The third kappa shape index (κ3) is 2.59. The van der Waals surface area contributed by atoms with E-state index < -0.39 is 0 Å². The monoisotopic (exact) mass is 422 g/mol. The molecular formula is C8H6Br2ClI. The molecule has 0 heterocycles. The van der Waals surface area contributed by atoms with Gasteiger partial charge < -0.3 is 0 Å². The van der Waals surface area contributed by atoms with E-state index in [-0.39, 0.29) is 3.74 Å². The molecule has 0 fully saturated rings. The Morgan fingerprint density at radius 3 is 2.50 bits per heavy atom. The van der Waals surface area contributed by atoms with E-state index in [2.05, 4.69) is 60.5 Å². The van der Waals surface area contributed by atoms with Crippen molar-refractivity contribution in [3.63, 3.8) is 0 Å². The molecule has 0 spiro atoms. The van der Waals surface area contributed by atoms with Crippen LogP contribution in [0, 0.1) is 0 Å². The lowest BCUT2D eigenvalue weighted by atomic mass is 10.1. The van der Waals surface area contributed by atoms with Gasteiger partial charge in [-0.25, -0.2) is 0 Å². The highest BCUT2D eigenvalue weighted by Gasteiger charge is 2.11. The van der Waals surface area contributed by atoms with Crippen LogP contribution >= 0.6 is 66.1 Å². The van der Waals surface area contributed by atoms with Gasteiger partial charge in [-0.15, -0.1) is 0 Å². The zero-order chi connectivity index (χ0) is 9.14. The molecule has 1 aromatic carbocycles. The normalized spacial score (nSPS) is 10.8. The molecule has 0 saturated heterocycles. The van der Waals surface area contributed by atoms with Crippen molar-refractivity contribution in [2.75, 3.05) is 0 Å². The van der Waals surface area contributed by atoms with E-state index in [0.29, 0.717) is 0 Å². The summed E-state index contributed by atoms with van der Waals surface area (Å²) in [5.41, 5.74) is 2.40. The molecule has 0 amide bonds. The minimum absolute atomic E-state index is 0.142. The maximum Gasteiger partial charge on any atom is 0.0963 e. The van der Waals surface area contributed by atoms with Gasteiger partial charge in [0, 0.05) is 9.45 Å². The molecule has 0 aliphatic rings. The first-order valence-electron chi connectivity index (χ1n) is 3.28. The summed E-state index contributed by atoms with van der Waals surface area (Å²) in [6.45, 7) is 0. The first kappa shape index (κ1) is 11.3. The molecule has 0 radical (unpaired) electrons. The SMILES string of the molecule is Clc1cccc(CI)c1C(Br)Br. The molecule has 0 aliphatic heterocycles. The number of alkyl halides is 3. The Labute approximate surface area is 107 Å². The molecule has 0 atom stereocenters. The highest BCUT2D eigenvalue weighted by atomic mass is 127. The van der Waals surface area contributed by atoms with Crippen molar-refractivity contribution in [1.82, 2.24) is 0 Å². The van der Waals surface area contributed by atoms with Gasteiger partial charge >= 0.3 is 0 Å². The summed E-state index contributed by atoms with van der Waals surface area (Å²) in [4.78, 5) is 0. The lowest BCUT2D eigenvalue weighted by molar-refractivity contribution is 1.30. The van der Waals surface area contributed by atoms with E-state index in [0.717, 1.165) is 15.0 Å². The van der Waals surface area contributed by atoms with Crippen molar-refractivity contribution >= 4 is 66.1 Å². The summed E-state index contributed by atoms with van der Waals surface area (Å²) in [5, 5.41) is 0.808. The second-order valence-electron chi connectivity index (χ2n) is 2.25. The van der Waals surface area contributed by atoms with Crippen molar-refractivity contribution in [2.45, 2.75) is 8.16 Å². The number of hydrogen-bond donors (Lipinski definition) is 0. The Balaban J connectivity index is 3.20. The third-order valence-corrected chi connectivity index (χ3v) is 3.57. The van der Waals surface area contributed by atoms with Crippen LogP contribution in [-0.4, -0.2) is 0 Å². The van der Waals surface area contributed by atoms with E-state index in [1.54, 1.807) is 0 Å². The fraction of sp³-hybridized carbons (Fsp3) is 0.250. The van der Waals surface area contributed by atoms with Gasteiger partial charge in [0.15, 0.2) is 0 Å². The summed E-state index contributed by atoms with van der Waals surface area (Å²) in [5.74, 6) is 0. The van der Waals surface area contributed by atoms with Crippen molar-refractivity contribution in [3.8, 4) is 0 Å². The summed E-state index contributed by atoms with van der Waals surface area (Å²) >= 11 is 15.3. The van der Waals surface area contributed by atoms with Crippen LogP contribution < -0.4 is 0 Å². The smallest absolute Gasteiger partial charge is 0.0840 e. The Hall–Kier alpha value is 1.20. The molecule has 0 saturated carbocycles. The second-order valence-corrected chi connectivity index (χ2v) is 6.48. The molecule has 0 N–H and O–H groups in total. The Kier molecular flexibility index (Phi) is 4.86. The maximum atomic E-state index is 6.04. The van der Waals surface area contributed by atoms with E-state index in [9.17, 15) is 0 Å². The van der Waals surface area contributed by atoms with Crippen LogP contribution in [0.4, 0.5) is 0 Å². The van der Waals surface area contributed by atoms with Gasteiger partial charge in [0.05, 0.1) is 3.74 Å². The molecule has 1 rings (SSSR count). The van der Waals surface area contributed by atoms with Crippen LogP contribution in [0.5, 0.6) is 0 Å². The van der Waals surface area contributed by atoms with Gasteiger partial charge in [-0.3, -0.25) is 0 Å². The van der Waals surface area contributed by atoms with Crippen molar-refractivity contribution in [2.24, 2.45) is 0 Å². The molecule has 0 aliphatic carbocycles. The molecule has 0 nitrogen and oxygen atoms in total. The lowest BCUT2D eigenvalue weighted by Crippen LogP contribution is -1.90. The first-order chi connectivity index (χ1) is 5.66. The van der Waals surface area contributed by atoms with Crippen LogP contribution in [0.25, 0.3) is 0 Å². The van der Waals surface area contributed by atoms with E-state index >= 15 is 0 Å². The zero-order valence-corrected chi connectivity index (χ0v) is 12.1. The predicted molar refractivity (Wildman–Crippen MR) is 69.8 cm³/mol. The largest absolute Gasteiger partial charge is 0.0963 e. The summed E-state index contributed by atoms with van der Waals surface area (Å²) < 4.78 is 1.12. The summed E-state index contributed by atoms with van der Waals surface area (Å²) in [6, 6.07) is 5.97. The van der Waals surface area contributed by atoms with Crippen molar-refractivity contribution in [1.29, 1.82) is 0 Å². The standard InChI is InChI=1S/C8H6Br2ClI/c9-8(10)7-5(4-12)2-1-3-6(7)11/h1-3,8H,4H2.